The summed E-state index contributed by atoms with van der Waals surface area (Å²) in [4.78, 5) is 2.45. The van der Waals surface area contributed by atoms with Crippen LogP contribution in [-0.4, -0.2) is 38.2 Å². The highest BCUT2D eigenvalue weighted by molar-refractivity contribution is 5.46. The Hall–Kier alpha value is -2.89. The summed E-state index contributed by atoms with van der Waals surface area (Å²) < 4.78 is 25.3. The van der Waals surface area contributed by atoms with Crippen LogP contribution in [0.2, 0.25) is 0 Å². The van der Waals surface area contributed by atoms with Crippen molar-refractivity contribution in [3.05, 3.63) is 95.3 Å². The van der Waals surface area contributed by atoms with E-state index in [2.05, 4.69) is 16.3 Å². The van der Waals surface area contributed by atoms with E-state index in [1.165, 1.54) is 12.1 Å². The summed E-state index contributed by atoms with van der Waals surface area (Å²) in [6.07, 6.45) is 1.08. The Morgan fingerprint density at radius 2 is 1.68 bits per heavy atom. The molecule has 3 aromatic carbocycles. The first-order valence-corrected chi connectivity index (χ1v) is 10.8. The number of methoxy groups -OCH3 is 1. The van der Waals surface area contributed by atoms with Crippen molar-refractivity contribution in [3.63, 3.8) is 0 Å². The lowest BCUT2D eigenvalue weighted by Crippen LogP contribution is -2.33. The van der Waals surface area contributed by atoms with E-state index < -0.39 is 0 Å². The summed E-state index contributed by atoms with van der Waals surface area (Å²) >= 11 is 0. The van der Waals surface area contributed by atoms with E-state index in [1.807, 2.05) is 54.6 Å². The molecule has 0 aliphatic carbocycles. The molecule has 0 bridgehead atoms. The quantitative estimate of drug-likeness (QED) is 0.595. The van der Waals surface area contributed by atoms with Gasteiger partial charge in [-0.05, 0) is 53.9 Å². The minimum absolute atomic E-state index is 0.0255. The predicted molar refractivity (Wildman–Crippen MR) is 121 cm³/mol. The molecule has 0 radical (unpaired) electrons. The van der Waals surface area contributed by atoms with Gasteiger partial charge in [-0.2, -0.15) is 0 Å². The highest BCUT2D eigenvalue weighted by atomic mass is 19.1. The summed E-state index contributed by atoms with van der Waals surface area (Å²) in [5.41, 5.74) is 3.29. The van der Waals surface area contributed by atoms with Crippen LogP contribution in [0.1, 0.15) is 29.2 Å². The zero-order chi connectivity index (χ0) is 21.5. The Morgan fingerprint density at radius 1 is 0.903 bits per heavy atom. The number of hydrogen-bond acceptors (Lipinski definition) is 4. The summed E-state index contributed by atoms with van der Waals surface area (Å²) in [7, 11) is 1.66. The lowest BCUT2D eigenvalue weighted by atomic mass is 9.96. The van der Waals surface area contributed by atoms with E-state index in [9.17, 15) is 4.39 Å². The van der Waals surface area contributed by atoms with Gasteiger partial charge < -0.3 is 14.8 Å². The first-order valence-electron chi connectivity index (χ1n) is 10.8. The second kappa shape index (κ2) is 10.4. The summed E-state index contributed by atoms with van der Waals surface area (Å²) in [6, 6.07) is 23.0. The monoisotopic (exact) mass is 420 g/mol. The third kappa shape index (κ3) is 5.43. The number of nitrogens with one attached hydrogen (secondary N) is 1. The molecule has 0 saturated carbocycles. The molecule has 0 aromatic heterocycles. The lowest BCUT2D eigenvalue weighted by Gasteiger charge is -2.31. The molecule has 1 fully saturated rings. The molecule has 1 N–H and O–H groups in total. The maximum Gasteiger partial charge on any atom is 0.161 e. The molecule has 1 heterocycles. The smallest absolute Gasteiger partial charge is 0.161 e. The zero-order valence-electron chi connectivity index (χ0n) is 17.9. The van der Waals surface area contributed by atoms with Crippen LogP contribution in [0.25, 0.3) is 0 Å². The lowest BCUT2D eigenvalue weighted by molar-refractivity contribution is 0.239. The number of nitrogens with zero attached hydrogens (tertiary/aromatic N) is 1. The van der Waals surface area contributed by atoms with Gasteiger partial charge in [0.05, 0.1) is 13.2 Å². The minimum Gasteiger partial charge on any atom is -0.493 e. The van der Waals surface area contributed by atoms with Crippen LogP contribution >= 0.6 is 0 Å². The van der Waals surface area contributed by atoms with Crippen molar-refractivity contribution in [3.8, 4) is 11.5 Å². The van der Waals surface area contributed by atoms with Crippen molar-refractivity contribution >= 4 is 0 Å². The predicted octanol–water partition coefficient (Wildman–Crippen LogP) is 4.80. The van der Waals surface area contributed by atoms with E-state index in [0.717, 1.165) is 49.3 Å². The fourth-order valence-corrected chi connectivity index (χ4v) is 4.09. The van der Waals surface area contributed by atoms with Crippen molar-refractivity contribution < 1.29 is 13.9 Å². The molecule has 1 aliphatic rings. The van der Waals surface area contributed by atoms with Gasteiger partial charge in [0.1, 0.15) is 12.4 Å². The second-order valence-electron chi connectivity index (χ2n) is 7.78. The van der Waals surface area contributed by atoms with E-state index >= 15 is 0 Å². The molecule has 4 rings (SSSR count). The topological polar surface area (TPSA) is 33.7 Å². The number of ether oxygens (including phenoxy) is 2. The number of hydrogen-bond donors (Lipinski definition) is 1. The molecule has 0 spiro atoms. The van der Waals surface area contributed by atoms with Crippen LogP contribution in [0, 0.1) is 5.82 Å². The molecular weight excluding hydrogens is 391 g/mol. The standard InChI is InChI=1S/C26H29FN2O2/c1-30-25-18-22(10-13-24(25)31-19-20-6-3-2-4-7-20)26(21-8-11-23(27)12-9-21)29-16-5-14-28-15-17-29/h2-4,6-13,18,26,28H,5,14-17,19H2,1H3. The van der Waals surface area contributed by atoms with Gasteiger partial charge in [0.15, 0.2) is 11.5 Å². The Bertz CT molecular complexity index is 955. The largest absolute Gasteiger partial charge is 0.493 e. The number of halogens is 1. The van der Waals surface area contributed by atoms with Crippen LogP contribution in [0.3, 0.4) is 0 Å². The van der Waals surface area contributed by atoms with Crippen molar-refractivity contribution in [2.45, 2.75) is 19.1 Å². The van der Waals surface area contributed by atoms with Crippen molar-refractivity contribution in [1.82, 2.24) is 10.2 Å². The van der Waals surface area contributed by atoms with Gasteiger partial charge in [-0.3, -0.25) is 4.90 Å². The molecular formula is C26H29FN2O2. The van der Waals surface area contributed by atoms with Crippen LogP contribution in [0.5, 0.6) is 11.5 Å². The molecule has 0 amide bonds. The van der Waals surface area contributed by atoms with E-state index in [1.54, 1.807) is 7.11 Å². The summed E-state index contributed by atoms with van der Waals surface area (Å²) in [5, 5.41) is 3.46. The minimum atomic E-state index is -0.220. The molecule has 31 heavy (non-hydrogen) atoms. The van der Waals surface area contributed by atoms with Gasteiger partial charge in [0, 0.05) is 19.6 Å². The SMILES string of the molecule is COc1cc(C(c2ccc(F)cc2)N2CCCNCC2)ccc1OCc1ccccc1. The third-order valence-electron chi connectivity index (χ3n) is 5.67. The van der Waals surface area contributed by atoms with Gasteiger partial charge in [-0.25, -0.2) is 4.39 Å². The average molecular weight is 421 g/mol. The molecule has 1 unspecified atom stereocenters. The van der Waals surface area contributed by atoms with Crippen LogP contribution in [0.15, 0.2) is 72.8 Å². The first kappa shape index (κ1) is 21.3. The molecule has 162 valence electrons. The highest BCUT2D eigenvalue weighted by Crippen LogP contribution is 2.36. The highest BCUT2D eigenvalue weighted by Gasteiger charge is 2.24. The average Bonchev–Trinajstić information content (AvgIpc) is 3.09. The molecule has 1 saturated heterocycles. The number of benzene rings is 3. The van der Waals surface area contributed by atoms with Crippen molar-refractivity contribution in [2.75, 3.05) is 33.3 Å². The molecule has 4 nitrogen and oxygen atoms in total. The van der Waals surface area contributed by atoms with E-state index in [0.29, 0.717) is 18.1 Å². The molecule has 1 atom stereocenters. The fourth-order valence-electron chi connectivity index (χ4n) is 4.09. The van der Waals surface area contributed by atoms with E-state index in [4.69, 9.17) is 9.47 Å². The van der Waals surface area contributed by atoms with E-state index in [-0.39, 0.29) is 11.9 Å². The number of rotatable bonds is 7. The van der Waals surface area contributed by atoms with Gasteiger partial charge in [-0.15, -0.1) is 0 Å². The normalized spacial score (nSPS) is 15.8. The molecule has 5 heteroatoms. The Labute approximate surface area is 183 Å². The zero-order valence-corrected chi connectivity index (χ0v) is 17.9. The van der Waals surface area contributed by atoms with Gasteiger partial charge in [-0.1, -0.05) is 48.5 Å². The Morgan fingerprint density at radius 3 is 2.45 bits per heavy atom. The maximum atomic E-state index is 13.6. The van der Waals surface area contributed by atoms with Crippen LogP contribution in [0.4, 0.5) is 4.39 Å². The van der Waals surface area contributed by atoms with Crippen LogP contribution < -0.4 is 14.8 Å². The third-order valence-corrected chi connectivity index (χ3v) is 5.67. The van der Waals surface area contributed by atoms with Gasteiger partial charge in [0.25, 0.3) is 0 Å². The summed E-state index contributed by atoms with van der Waals surface area (Å²) in [6.45, 7) is 4.34. The molecule has 3 aromatic rings. The van der Waals surface area contributed by atoms with Gasteiger partial charge >= 0.3 is 0 Å². The Kier molecular flexibility index (Phi) is 7.18. The second-order valence-corrected chi connectivity index (χ2v) is 7.78. The summed E-state index contributed by atoms with van der Waals surface area (Å²) in [5.74, 6) is 1.20. The Balaban J connectivity index is 1.63. The fraction of sp³-hybridized carbons (Fsp3) is 0.308. The first-order chi connectivity index (χ1) is 15.2. The van der Waals surface area contributed by atoms with Crippen molar-refractivity contribution in [2.24, 2.45) is 0 Å². The maximum absolute atomic E-state index is 13.6. The van der Waals surface area contributed by atoms with Crippen LogP contribution in [-0.2, 0) is 6.61 Å². The van der Waals surface area contributed by atoms with Crippen molar-refractivity contribution in [1.29, 1.82) is 0 Å². The molecule has 1 aliphatic heterocycles. The van der Waals surface area contributed by atoms with Gasteiger partial charge in [0.2, 0.25) is 0 Å².